The van der Waals surface area contributed by atoms with Crippen LogP contribution < -0.4 is 0 Å². The third kappa shape index (κ3) is 3.03. The van der Waals surface area contributed by atoms with E-state index in [1.807, 2.05) is 25.1 Å². The van der Waals surface area contributed by atoms with Crippen LogP contribution in [0.5, 0.6) is 0 Å². The molecule has 1 aliphatic rings. The van der Waals surface area contributed by atoms with E-state index < -0.39 is 14.6 Å². The number of hydrogen-bond acceptors (Lipinski definition) is 3. The van der Waals surface area contributed by atoms with E-state index in [1.165, 1.54) is 0 Å². The van der Waals surface area contributed by atoms with Crippen LogP contribution in [0.15, 0.2) is 53.4 Å². The van der Waals surface area contributed by atoms with Gasteiger partial charge in [0.05, 0.1) is 17.6 Å². The van der Waals surface area contributed by atoms with Gasteiger partial charge in [0.2, 0.25) is 0 Å². The first kappa shape index (κ1) is 16.5. The molecule has 1 saturated heterocycles. The van der Waals surface area contributed by atoms with Gasteiger partial charge in [-0.25, -0.2) is 8.42 Å². The van der Waals surface area contributed by atoms with Crippen molar-refractivity contribution in [3.8, 4) is 0 Å². The molecule has 2 aromatic carbocycles. The lowest BCUT2D eigenvalue weighted by atomic mass is 10.0. The van der Waals surface area contributed by atoms with Crippen LogP contribution in [-0.4, -0.2) is 19.8 Å². The highest BCUT2D eigenvalue weighted by atomic mass is 35.5. The summed E-state index contributed by atoms with van der Waals surface area (Å²) in [4.78, 5) is 0.361. The van der Waals surface area contributed by atoms with Crippen LogP contribution in [0.2, 0.25) is 5.02 Å². The summed E-state index contributed by atoms with van der Waals surface area (Å²) in [6, 6.07) is 14.4. The summed E-state index contributed by atoms with van der Waals surface area (Å²) in [6.45, 7) is 3.85. The van der Waals surface area contributed by atoms with Crippen LogP contribution in [0.1, 0.15) is 30.6 Å². The number of halogens is 1. The third-order valence-electron chi connectivity index (χ3n) is 4.40. The minimum atomic E-state index is -3.46. The van der Waals surface area contributed by atoms with Crippen molar-refractivity contribution < 1.29 is 13.2 Å². The first-order valence-corrected chi connectivity index (χ1v) is 9.36. The van der Waals surface area contributed by atoms with Gasteiger partial charge < -0.3 is 4.74 Å². The first-order chi connectivity index (χ1) is 10.8. The Bertz CT molecular complexity index is 814. The van der Waals surface area contributed by atoms with Crippen LogP contribution >= 0.6 is 11.6 Å². The van der Waals surface area contributed by atoms with Gasteiger partial charge in [-0.05, 0) is 55.7 Å². The molecule has 3 nitrogen and oxygen atoms in total. The molecule has 0 N–H and O–H groups in total. The zero-order chi connectivity index (χ0) is 16.7. The molecule has 0 radical (unpaired) electrons. The van der Waals surface area contributed by atoms with Crippen molar-refractivity contribution in [2.24, 2.45) is 0 Å². The monoisotopic (exact) mass is 350 g/mol. The molecule has 2 atom stereocenters. The van der Waals surface area contributed by atoms with E-state index in [-0.39, 0.29) is 12.7 Å². The zero-order valence-corrected chi connectivity index (χ0v) is 14.7. The van der Waals surface area contributed by atoms with Crippen molar-refractivity contribution in [3.05, 3.63) is 64.7 Å². The number of hydrogen-bond donors (Lipinski definition) is 0. The van der Waals surface area contributed by atoms with Crippen molar-refractivity contribution in [2.75, 3.05) is 6.61 Å². The second-order valence-electron chi connectivity index (χ2n) is 6.33. The molecular formula is C18H19ClO3S. The molecule has 1 fully saturated rings. The van der Waals surface area contributed by atoms with Gasteiger partial charge in [0.25, 0.3) is 0 Å². The summed E-state index contributed by atoms with van der Waals surface area (Å²) in [5, 5.41) is 0.655. The fraction of sp³-hybridized carbons (Fsp3) is 0.333. The van der Waals surface area contributed by atoms with E-state index in [0.717, 1.165) is 11.1 Å². The molecule has 122 valence electrons. The Labute approximate surface area is 142 Å². The molecule has 1 heterocycles. The van der Waals surface area contributed by atoms with Gasteiger partial charge in [0.15, 0.2) is 9.84 Å². The van der Waals surface area contributed by atoms with E-state index in [0.29, 0.717) is 16.3 Å². The zero-order valence-electron chi connectivity index (χ0n) is 13.1. The van der Waals surface area contributed by atoms with Crippen molar-refractivity contribution in [1.82, 2.24) is 0 Å². The van der Waals surface area contributed by atoms with Gasteiger partial charge in [0, 0.05) is 5.02 Å². The largest absolute Gasteiger partial charge is 0.372 e. The normalized spacial score (nSPS) is 24.7. The van der Waals surface area contributed by atoms with E-state index in [1.54, 1.807) is 37.3 Å². The summed E-state index contributed by atoms with van der Waals surface area (Å²) >= 11 is 5.91. The smallest absolute Gasteiger partial charge is 0.186 e. The average molecular weight is 351 g/mol. The molecule has 2 unspecified atom stereocenters. The van der Waals surface area contributed by atoms with Crippen molar-refractivity contribution in [2.45, 2.75) is 36.0 Å². The SMILES string of the molecule is Cc1cccc(S(=O)(=O)C2(C)COC(c3ccc(Cl)cc3)C2)c1. The highest BCUT2D eigenvalue weighted by Gasteiger charge is 2.47. The van der Waals surface area contributed by atoms with Crippen molar-refractivity contribution in [1.29, 1.82) is 0 Å². The van der Waals surface area contributed by atoms with Crippen LogP contribution in [0, 0.1) is 6.92 Å². The molecular weight excluding hydrogens is 332 g/mol. The Morgan fingerprint density at radius 2 is 1.87 bits per heavy atom. The van der Waals surface area contributed by atoms with Crippen molar-refractivity contribution in [3.63, 3.8) is 0 Å². The Kier molecular flexibility index (Phi) is 4.25. The maximum absolute atomic E-state index is 13.0. The lowest BCUT2D eigenvalue weighted by Crippen LogP contribution is -2.35. The molecule has 5 heteroatoms. The number of aryl methyl sites for hydroxylation is 1. The molecule has 1 aliphatic heterocycles. The molecule has 0 bridgehead atoms. The quantitative estimate of drug-likeness (QED) is 0.826. The third-order valence-corrected chi connectivity index (χ3v) is 7.11. The van der Waals surface area contributed by atoms with Crippen LogP contribution in [0.3, 0.4) is 0 Å². The van der Waals surface area contributed by atoms with E-state index >= 15 is 0 Å². The molecule has 0 aromatic heterocycles. The number of benzene rings is 2. The van der Waals surface area contributed by atoms with Gasteiger partial charge in [-0.15, -0.1) is 0 Å². The lowest BCUT2D eigenvalue weighted by molar-refractivity contribution is 0.109. The second kappa shape index (κ2) is 5.93. The molecule has 0 aliphatic carbocycles. The number of rotatable bonds is 3. The highest BCUT2D eigenvalue weighted by Crippen LogP contribution is 2.42. The standard InChI is InChI=1S/C18H19ClO3S/c1-13-4-3-5-16(10-13)23(20,21)18(2)11-17(22-12-18)14-6-8-15(19)9-7-14/h3-10,17H,11-12H2,1-2H3. The van der Waals surface area contributed by atoms with Crippen LogP contribution in [0.25, 0.3) is 0 Å². The van der Waals surface area contributed by atoms with Gasteiger partial charge in [-0.3, -0.25) is 0 Å². The summed E-state index contributed by atoms with van der Waals surface area (Å²) in [7, 11) is -3.46. The Balaban J connectivity index is 1.90. The molecule has 23 heavy (non-hydrogen) atoms. The Hall–Kier alpha value is -1.36. The fourth-order valence-corrected chi connectivity index (χ4v) is 4.82. The second-order valence-corrected chi connectivity index (χ2v) is 9.23. The Morgan fingerprint density at radius 1 is 1.17 bits per heavy atom. The molecule has 0 amide bonds. The predicted octanol–water partition coefficient (Wildman–Crippen LogP) is 4.34. The summed E-state index contributed by atoms with van der Waals surface area (Å²) < 4.78 is 31.0. The molecule has 0 saturated carbocycles. The highest BCUT2D eigenvalue weighted by molar-refractivity contribution is 7.92. The maximum Gasteiger partial charge on any atom is 0.186 e. The summed E-state index contributed by atoms with van der Waals surface area (Å²) in [5.41, 5.74) is 1.89. The minimum absolute atomic E-state index is 0.191. The number of ether oxygens (including phenoxy) is 1. The molecule has 3 rings (SSSR count). The first-order valence-electron chi connectivity index (χ1n) is 7.50. The molecule has 2 aromatic rings. The minimum Gasteiger partial charge on any atom is -0.372 e. The van der Waals surface area contributed by atoms with Crippen molar-refractivity contribution >= 4 is 21.4 Å². The maximum atomic E-state index is 13.0. The van der Waals surface area contributed by atoms with Crippen LogP contribution in [-0.2, 0) is 14.6 Å². The molecule has 0 spiro atoms. The lowest BCUT2D eigenvalue weighted by Gasteiger charge is -2.22. The van der Waals surface area contributed by atoms with E-state index in [4.69, 9.17) is 16.3 Å². The fourth-order valence-electron chi connectivity index (χ4n) is 2.93. The van der Waals surface area contributed by atoms with Gasteiger partial charge >= 0.3 is 0 Å². The van der Waals surface area contributed by atoms with E-state index in [2.05, 4.69) is 0 Å². The Morgan fingerprint density at radius 3 is 2.52 bits per heavy atom. The topological polar surface area (TPSA) is 43.4 Å². The summed E-state index contributed by atoms with van der Waals surface area (Å²) in [5.74, 6) is 0. The van der Waals surface area contributed by atoms with Gasteiger partial charge in [-0.2, -0.15) is 0 Å². The van der Waals surface area contributed by atoms with E-state index in [9.17, 15) is 8.42 Å². The van der Waals surface area contributed by atoms with Gasteiger partial charge in [-0.1, -0.05) is 35.9 Å². The van der Waals surface area contributed by atoms with Gasteiger partial charge in [0.1, 0.15) is 4.75 Å². The van der Waals surface area contributed by atoms with Crippen LogP contribution in [0.4, 0.5) is 0 Å². The summed E-state index contributed by atoms with van der Waals surface area (Å²) in [6.07, 6.45) is 0.210. The predicted molar refractivity (Wildman–Crippen MR) is 91.5 cm³/mol. The average Bonchev–Trinajstić information content (AvgIpc) is 2.92. The number of sulfone groups is 1.